The molecule has 210 valence electrons. The summed E-state index contributed by atoms with van der Waals surface area (Å²) in [6.07, 6.45) is 0. The number of hydrogen-bond donors (Lipinski definition) is 0. The fraction of sp³-hybridized carbons (Fsp3) is 0.0667. The average Bonchev–Trinajstić information content (AvgIpc) is 3.35. The molecule has 1 aliphatic rings. The van der Waals surface area contributed by atoms with Crippen LogP contribution < -0.4 is 0 Å². The summed E-state index contributed by atoms with van der Waals surface area (Å²) in [6, 6.07) is 54.5. The van der Waals surface area contributed by atoms with Gasteiger partial charge in [-0.2, -0.15) is 0 Å². The van der Waals surface area contributed by atoms with E-state index in [0.29, 0.717) is 0 Å². The molecule has 0 saturated heterocycles. The molecule has 1 aliphatic carbocycles. The van der Waals surface area contributed by atoms with E-state index in [4.69, 9.17) is 0 Å². The van der Waals surface area contributed by atoms with E-state index >= 15 is 0 Å². The van der Waals surface area contributed by atoms with Crippen LogP contribution in [0, 0.1) is 0 Å². The molecule has 0 aromatic heterocycles. The van der Waals surface area contributed by atoms with Crippen molar-refractivity contribution in [2.75, 3.05) is 0 Å². The summed E-state index contributed by atoms with van der Waals surface area (Å²) in [4.78, 5) is 0. The summed E-state index contributed by atoms with van der Waals surface area (Å²) in [5.74, 6) is 0. The maximum absolute atomic E-state index is 2.44. The Bertz CT molecular complexity index is 2690. The van der Waals surface area contributed by atoms with Crippen molar-refractivity contribution in [3.63, 3.8) is 0 Å². The largest absolute Gasteiger partial charge is 0.0616 e. The minimum Gasteiger partial charge on any atom is -0.0616 e. The van der Waals surface area contributed by atoms with Gasteiger partial charge in [0.1, 0.15) is 0 Å². The Morgan fingerprint density at radius 3 is 1.40 bits per heavy atom. The molecule has 0 aliphatic heterocycles. The Kier molecular flexibility index (Phi) is 4.88. The van der Waals surface area contributed by atoms with E-state index in [2.05, 4.69) is 159 Å². The van der Waals surface area contributed by atoms with Crippen LogP contribution in [0.15, 0.2) is 146 Å². The van der Waals surface area contributed by atoms with E-state index in [0.717, 1.165) is 0 Å². The molecule has 9 aromatic rings. The second-order valence-electron chi connectivity index (χ2n) is 13.2. The van der Waals surface area contributed by atoms with E-state index in [1.807, 2.05) is 0 Å². The van der Waals surface area contributed by atoms with E-state index in [-0.39, 0.29) is 5.41 Å². The second-order valence-corrected chi connectivity index (χ2v) is 13.2. The molecule has 0 heteroatoms. The first kappa shape index (κ1) is 24.9. The highest BCUT2D eigenvalue weighted by Crippen LogP contribution is 2.56. The SMILES string of the molecule is CC1(C)c2ccc3ccccc3c2-c2c1c1ccc(-c3ccc4c5ccccc5c5ccccc5c4c3)cc1c1ccccc21. The molecule has 10 rings (SSSR count). The summed E-state index contributed by atoms with van der Waals surface area (Å²) in [7, 11) is 0. The van der Waals surface area contributed by atoms with Crippen LogP contribution in [-0.4, -0.2) is 0 Å². The Labute approximate surface area is 262 Å². The Morgan fingerprint density at radius 1 is 0.333 bits per heavy atom. The van der Waals surface area contributed by atoms with E-state index in [1.165, 1.54) is 98.0 Å². The van der Waals surface area contributed by atoms with Crippen LogP contribution in [-0.2, 0) is 5.41 Å². The molecule has 0 amide bonds. The first-order valence-corrected chi connectivity index (χ1v) is 15.9. The molecular weight excluding hydrogens is 540 g/mol. The lowest BCUT2D eigenvalue weighted by molar-refractivity contribution is 0.667. The van der Waals surface area contributed by atoms with Gasteiger partial charge in [0.05, 0.1) is 0 Å². The summed E-state index contributed by atoms with van der Waals surface area (Å²) in [5, 5.41) is 15.9. The van der Waals surface area contributed by atoms with Crippen molar-refractivity contribution in [1.29, 1.82) is 0 Å². The highest BCUT2D eigenvalue weighted by atomic mass is 14.4. The van der Waals surface area contributed by atoms with Crippen molar-refractivity contribution in [1.82, 2.24) is 0 Å². The summed E-state index contributed by atoms with van der Waals surface area (Å²) >= 11 is 0. The number of fused-ring (bicyclic) bond motifs is 16. The maximum Gasteiger partial charge on any atom is 0.0165 e. The molecule has 0 N–H and O–H groups in total. The molecule has 0 saturated carbocycles. The molecule has 0 bridgehead atoms. The van der Waals surface area contributed by atoms with Gasteiger partial charge >= 0.3 is 0 Å². The minimum atomic E-state index is -0.110. The van der Waals surface area contributed by atoms with E-state index in [9.17, 15) is 0 Å². The van der Waals surface area contributed by atoms with E-state index in [1.54, 1.807) is 0 Å². The third-order valence-corrected chi connectivity index (χ3v) is 10.6. The van der Waals surface area contributed by atoms with Gasteiger partial charge in [0.25, 0.3) is 0 Å². The van der Waals surface area contributed by atoms with Crippen LogP contribution in [0.1, 0.15) is 25.0 Å². The van der Waals surface area contributed by atoms with Gasteiger partial charge in [0, 0.05) is 5.41 Å². The van der Waals surface area contributed by atoms with Gasteiger partial charge in [-0.15, -0.1) is 0 Å². The first-order chi connectivity index (χ1) is 22.1. The molecule has 0 fully saturated rings. The van der Waals surface area contributed by atoms with Gasteiger partial charge in [-0.25, -0.2) is 0 Å². The van der Waals surface area contributed by atoms with E-state index < -0.39 is 0 Å². The number of hydrogen-bond acceptors (Lipinski definition) is 0. The molecule has 0 spiro atoms. The van der Waals surface area contributed by atoms with Gasteiger partial charge in [0.15, 0.2) is 0 Å². The quantitative estimate of drug-likeness (QED) is 0.172. The monoisotopic (exact) mass is 570 g/mol. The van der Waals surface area contributed by atoms with Crippen molar-refractivity contribution in [3.05, 3.63) is 157 Å². The molecule has 0 atom stereocenters. The lowest BCUT2D eigenvalue weighted by Gasteiger charge is -2.24. The Morgan fingerprint density at radius 2 is 0.778 bits per heavy atom. The van der Waals surface area contributed by atoms with Crippen LogP contribution >= 0.6 is 0 Å². The molecule has 0 radical (unpaired) electrons. The van der Waals surface area contributed by atoms with Crippen molar-refractivity contribution in [3.8, 4) is 22.3 Å². The second kappa shape index (κ2) is 8.80. The fourth-order valence-corrected chi connectivity index (χ4v) is 8.56. The minimum absolute atomic E-state index is 0.110. The average molecular weight is 571 g/mol. The zero-order chi connectivity index (χ0) is 29.9. The van der Waals surface area contributed by atoms with Crippen molar-refractivity contribution < 1.29 is 0 Å². The van der Waals surface area contributed by atoms with Crippen molar-refractivity contribution in [2.45, 2.75) is 19.3 Å². The van der Waals surface area contributed by atoms with Gasteiger partial charge in [-0.3, -0.25) is 0 Å². The Balaban J connectivity index is 1.27. The molecule has 45 heavy (non-hydrogen) atoms. The van der Waals surface area contributed by atoms with Gasteiger partial charge in [-0.05, 0) is 110 Å². The van der Waals surface area contributed by atoms with Crippen LogP contribution in [0.4, 0.5) is 0 Å². The summed E-state index contributed by atoms with van der Waals surface area (Å²) in [5.41, 5.74) is 8.09. The van der Waals surface area contributed by atoms with Crippen LogP contribution in [0.3, 0.4) is 0 Å². The number of rotatable bonds is 1. The van der Waals surface area contributed by atoms with Crippen LogP contribution in [0.25, 0.3) is 86.9 Å². The van der Waals surface area contributed by atoms with Gasteiger partial charge in [-0.1, -0.05) is 147 Å². The lowest BCUT2D eigenvalue weighted by Crippen LogP contribution is -2.15. The summed E-state index contributed by atoms with van der Waals surface area (Å²) in [6.45, 7) is 4.82. The summed E-state index contributed by atoms with van der Waals surface area (Å²) < 4.78 is 0. The zero-order valence-electron chi connectivity index (χ0n) is 25.4. The molecule has 0 heterocycles. The van der Waals surface area contributed by atoms with Gasteiger partial charge < -0.3 is 0 Å². The Hall–Kier alpha value is -5.46. The zero-order valence-corrected chi connectivity index (χ0v) is 25.4. The molecule has 0 unspecified atom stereocenters. The van der Waals surface area contributed by atoms with Gasteiger partial charge in [0.2, 0.25) is 0 Å². The third kappa shape index (κ3) is 3.27. The first-order valence-electron chi connectivity index (χ1n) is 15.9. The van der Waals surface area contributed by atoms with Crippen LogP contribution in [0.5, 0.6) is 0 Å². The van der Waals surface area contributed by atoms with Crippen LogP contribution in [0.2, 0.25) is 0 Å². The van der Waals surface area contributed by atoms with Crippen molar-refractivity contribution in [2.24, 2.45) is 0 Å². The highest BCUT2D eigenvalue weighted by molar-refractivity contribution is 6.26. The molecule has 0 nitrogen and oxygen atoms in total. The molecular formula is C45H30. The molecule has 9 aromatic carbocycles. The maximum atomic E-state index is 2.44. The van der Waals surface area contributed by atoms with Crippen molar-refractivity contribution >= 4 is 64.6 Å². The highest BCUT2D eigenvalue weighted by Gasteiger charge is 2.39. The standard InChI is InChI=1S/C45H30/c1-45(2)41-24-21-27-11-3-4-12-30(27)42(41)43-37-18-10-9-17-35(37)40-26-29(20-23-38(40)44(43)45)28-19-22-36-33-15-6-5-13-31(33)32-14-7-8-16-34(32)39(36)25-28/h3-26H,1-2H3. The predicted octanol–water partition coefficient (Wildman–Crippen LogP) is 12.6. The fourth-order valence-electron chi connectivity index (χ4n) is 8.56. The lowest BCUT2D eigenvalue weighted by atomic mass is 9.78. The number of benzene rings is 9. The normalized spacial score (nSPS) is 13.7. The smallest absolute Gasteiger partial charge is 0.0165 e. The predicted molar refractivity (Wildman–Crippen MR) is 194 cm³/mol. The topological polar surface area (TPSA) is 0 Å². The third-order valence-electron chi connectivity index (χ3n) is 10.6.